The maximum absolute atomic E-state index is 6.32. The van der Waals surface area contributed by atoms with Crippen molar-refractivity contribution in [3.05, 3.63) is 381 Å². The SMILES string of the molecule is c1ccc(CCC2Cc3cc(N(c4ccccc4)c4ccccc4)cc4c3B(c3ccccc32)c2cc3c(cc2N4c2ccccc2)N(c2ccccc2-n2c4ccccc4c4ccccc42)c2nc(N(c4ccccc4)c4ccccc4)cc4c2B3c2ccccc2N4c2ccccc2)cc1. The molecule has 20 rings (SSSR count). The third-order valence-electron chi connectivity index (χ3n) is 21.6. The van der Waals surface area contributed by atoms with Crippen LogP contribution in [0.5, 0.6) is 0 Å². The van der Waals surface area contributed by atoms with Crippen molar-refractivity contribution in [3.8, 4) is 5.69 Å². The molecule has 480 valence electrons. The summed E-state index contributed by atoms with van der Waals surface area (Å²) in [5.74, 6) is 1.86. The van der Waals surface area contributed by atoms with Crippen LogP contribution in [0.1, 0.15) is 29.0 Å². The predicted molar refractivity (Wildman–Crippen MR) is 429 cm³/mol. The minimum atomic E-state index is -0.273. The van der Waals surface area contributed by atoms with Gasteiger partial charge in [0.05, 0.1) is 22.4 Å². The molecule has 0 radical (unpaired) electrons. The van der Waals surface area contributed by atoms with E-state index in [0.29, 0.717) is 0 Å². The molecule has 0 spiro atoms. The van der Waals surface area contributed by atoms with E-state index >= 15 is 0 Å². The van der Waals surface area contributed by atoms with Gasteiger partial charge in [-0.05, 0) is 191 Å². The summed E-state index contributed by atoms with van der Waals surface area (Å²) in [4.78, 5) is 18.8. The Bertz CT molecular complexity index is 5730. The summed E-state index contributed by atoms with van der Waals surface area (Å²) >= 11 is 0. The Hall–Kier alpha value is -12.8. The largest absolute Gasteiger partial charge is 0.311 e. The third kappa shape index (κ3) is 9.63. The summed E-state index contributed by atoms with van der Waals surface area (Å²) in [5, 5.41) is 2.40. The van der Waals surface area contributed by atoms with Crippen molar-refractivity contribution in [1.82, 2.24) is 9.55 Å². The van der Waals surface area contributed by atoms with Gasteiger partial charge in [0, 0.05) is 85.1 Å². The van der Waals surface area contributed by atoms with Gasteiger partial charge in [-0.1, -0.05) is 242 Å². The second-order valence-electron chi connectivity index (χ2n) is 27.3. The second-order valence-corrected chi connectivity index (χ2v) is 27.3. The van der Waals surface area contributed by atoms with Gasteiger partial charge >= 0.3 is 0 Å². The van der Waals surface area contributed by atoms with Gasteiger partial charge in [-0.3, -0.25) is 9.80 Å². The van der Waals surface area contributed by atoms with E-state index in [9.17, 15) is 0 Å². The summed E-state index contributed by atoms with van der Waals surface area (Å²) < 4.78 is 2.49. The molecule has 14 aromatic carbocycles. The molecule has 0 aliphatic carbocycles. The van der Waals surface area contributed by atoms with E-state index in [2.05, 4.69) is 393 Å². The van der Waals surface area contributed by atoms with Crippen molar-refractivity contribution in [1.29, 1.82) is 0 Å². The molecular weight excluding hydrogens is 1240 g/mol. The molecule has 0 fully saturated rings. The van der Waals surface area contributed by atoms with Crippen LogP contribution in [-0.2, 0) is 12.8 Å². The number of hydrogen-bond donors (Lipinski definition) is 0. The Balaban J connectivity index is 0.928. The Morgan fingerprint density at radius 3 is 1.37 bits per heavy atom. The molecule has 102 heavy (non-hydrogen) atoms. The average molecular weight is 1300 g/mol. The second kappa shape index (κ2) is 24.6. The molecule has 0 N–H and O–H groups in total. The van der Waals surface area contributed by atoms with Gasteiger partial charge in [-0.25, -0.2) is 4.98 Å². The van der Waals surface area contributed by atoms with E-state index in [0.717, 1.165) is 121 Å². The third-order valence-corrected chi connectivity index (χ3v) is 21.6. The molecule has 7 nitrogen and oxygen atoms in total. The molecule has 4 aliphatic heterocycles. The molecule has 6 heterocycles. The van der Waals surface area contributed by atoms with Crippen molar-refractivity contribution < 1.29 is 0 Å². The highest BCUT2D eigenvalue weighted by molar-refractivity contribution is 7.02. The fourth-order valence-electron chi connectivity index (χ4n) is 17.4. The minimum Gasteiger partial charge on any atom is -0.311 e. The first-order valence-corrected chi connectivity index (χ1v) is 35.7. The van der Waals surface area contributed by atoms with Gasteiger partial charge in [-0.2, -0.15) is 0 Å². The van der Waals surface area contributed by atoms with Crippen molar-refractivity contribution in [2.75, 3.05) is 24.5 Å². The van der Waals surface area contributed by atoms with Crippen LogP contribution in [0, 0.1) is 0 Å². The number of anilines is 15. The normalized spacial score (nSPS) is 13.7. The van der Waals surface area contributed by atoms with E-state index in [4.69, 9.17) is 4.98 Å². The maximum atomic E-state index is 6.32. The molecule has 0 amide bonds. The summed E-state index contributed by atoms with van der Waals surface area (Å²) in [6.45, 7) is -0.432. The van der Waals surface area contributed by atoms with Crippen LogP contribution in [0.2, 0.25) is 0 Å². The molecule has 4 aliphatic rings. The summed E-state index contributed by atoms with van der Waals surface area (Å²) in [6, 6.07) is 135. The van der Waals surface area contributed by atoms with Crippen LogP contribution in [0.25, 0.3) is 27.5 Å². The first-order valence-electron chi connectivity index (χ1n) is 35.7. The summed E-state index contributed by atoms with van der Waals surface area (Å²) in [5.41, 5.74) is 29.0. The Kier molecular flexibility index (Phi) is 14.3. The number of nitrogens with zero attached hydrogens (tertiary/aromatic N) is 7. The zero-order valence-corrected chi connectivity index (χ0v) is 56.1. The molecule has 2 aromatic heterocycles. The highest BCUT2D eigenvalue weighted by Gasteiger charge is 2.49. The van der Waals surface area contributed by atoms with Crippen LogP contribution in [-0.4, -0.2) is 23.0 Å². The molecule has 0 bridgehead atoms. The van der Waals surface area contributed by atoms with Crippen molar-refractivity contribution >= 4 is 154 Å². The number of aromatic nitrogens is 2. The zero-order valence-electron chi connectivity index (χ0n) is 56.1. The predicted octanol–water partition coefficient (Wildman–Crippen LogP) is 19.8. The van der Waals surface area contributed by atoms with Crippen LogP contribution < -0.4 is 57.3 Å². The lowest BCUT2D eigenvalue weighted by atomic mass is 9.30. The van der Waals surface area contributed by atoms with Gasteiger partial charge in [-0.15, -0.1) is 0 Å². The molecule has 9 heteroatoms. The van der Waals surface area contributed by atoms with Crippen LogP contribution in [0.4, 0.5) is 85.6 Å². The standard InChI is InChI=1S/C93H67B2N7/c1-8-32-64(33-9-1)56-57-65-58-66-59-73(97(67-34-10-2-11-35-67)68-36-12-3-13-37-68)60-88-91(66)94(77-49-25-22-46-74(65)77)79-61-80-87(62-86(79)100(88)72-44-20-7-21-45-72)102(85-55-31-30-54-84(85)101-81-51-27-23-47-75(81)76-48-24-28-52-82(76)101)93-92-89(99(71-42-18-6-19-43-71)83-53-29-26-50-78(83)95(80)92)63-90(96-93)98(69-38-14-4-15-39-69)70-40-16-5-17-41-70/h1-55,59-63,65H,56-58H2. The number of hydrogen-bond acceptors (Lipinski definition) is 6. The zero-order chi connectivity index (χ0) is 67.2. The lowest BCUT2D eigenvalue weighted by Gasteiger charge is -2.46. The quantitative estimate of drug-likeness (QED) is 0.107. The first kappa shape index (κ1) is 59.2. The molecule has 1 unspecified atom stereocenters. The van der Waals surface area contributed by atoms with Gasteiger partial charge in [0.2, 0.25) is 6.71 Å². The van der Waals surface area contributed by atoms with E-state index in [-0.39, 0.29) is 19.3 Å². The minimum absolute atomic E-state index is 0.159. The number of benzene rings is 14. The first-order chi connectivity index (χ1) is 50.7. The summed E-state index contributed by atoms with van der Waals surface area (Å²) in [6.07, 6.45) is 2.82. The number of rotatable bonds is 13. The number of para-hydroxylation sites is 11. The highest BCUT2D eigenvalue weighted by Crippen LogP contribution is 2.51. The summed E-state index contributed by atoms with van der Waals surface area (Å²) in [7, 11) is 0. The van der Waals surface area contributed by atoms with Gasteiger partial charge in [0.15, 0.2) is 0 Å². The van der Waals surface area contributed by atoms with E-state index in [1.165, 1.54) is 60.5 Å². The lowest BCUT2D eigenvalue weighted by Crippen LogP contribution is -2.64. The number of pyridine rings is 1. The maximum Gasteiger partial charge on any atom is 0.254 e. The Labute approximate surface area is 595 Å². The van der Waals surface area contributed by atoms with Crippen LogP contribution in [0.15, 0.2) is 364 Å². The Morgan fingerprint density at radius 1 is 0.324 bits per heavy atom. The van der Waals surface area contributed by atoms with Crippen molar-refractivity contribution in [2.45, 2.75) is 25.2 Å². The highest BCUT2D eigenvalue weighted by atomic mass is 15.3. The fraction of sp³-hybridized carbons (Fsp3) is 0.0430. The van der Waals surface area contributed by atoms with Gasteiger partial charge in [0.25, 0.3) is 6.71 Å². The molecule has 0 saturated carbocycles. The smallest absolute Gasteiger partial charge is 0.254 e. The van der Waals surface area contributed by atoms with E-state index in [1.807, 2.05) is 0 Å². The van der Waals surface area contributed by atoms with E-state index < -0.39 is 0 Å². The molecule has 16 aromatic rings. The van der Waals surface area contributed by atoms with Crippen LogP contribution in [0.3, 0.4) is 0 Å². The van der Waals surface area contributed by atoms with Crippen molar-refractivity contribution in [2.24, 2.45) is 0 Å². The van der Waals surface area contributed by atoms with Crippen molar-refractivity contribution in [3.63, 3.8) is 0 Å². The fourth-order valence-corrected chi connectivity index (χ4v) is 17.4. The number of fused-ring (bicyclic) bond motifs is 11. The lowest BCUT2D eigenvalue weighted by molar-refractivity contribution is 0.626. The number of aryl methyl sites for hydroxylation is 1. The van der Waals surface area contributed by atoms with Gasteiger partial charge in [0.1, 0.15) is 11.6 Å². The topological polar surface area (TPSA) is 34.0 Å². The molecule has 1 atom stereocenters. The average Bonchev–Trinajstić information content (AvgIpc) is 0.967. The molecule has 0 saturated heterocycles. The van der Waals surface area contributed by atoms with E-state index in [1.54, 1.807) is 0 Å². The van der Waals surface area contributed by atoms with Gasteiger partial charge < -0.3 is 19.3 Å². The Morgan fingerprint density at radius 2 is 0.775 bits per heavy atom. The monoisotopic (exact) mass is 1300 g/mol. The van der Waals surface area contributed by atoms with Crippen LogP contribution >= 0.6 is 0 Å². The molecular formula is C93H67B2N7.